The third-order valence-electron chi connectivity index (χ3n) is 8.98. The largest absolute Gasteiger partial charge is 0.481 e. The predicted octanol–water partition coefficient (Wildman–Crippen LogP) is 4.63. The summed E-state index contributed by atoms with van der Waals surface area (Å²) in [6, 6.07) is 0. The van der Waals surface area contributed by atoms with Gasteiger partial charge in [0.15, 0.2) is 0 Å². The summed E-state index contributed by atoms with van der Waals surface area (Å²) in [5.74, 6) is -0.917. The summed E-state index contributed by atoms with van der Waals surface area (Å²) in [7, 11) is -3.50. The van der Waals surface area contributed by atoms with E-state index in [-0.39, 0.29) is 48.7 Å². The Morgan fingerprint density at radius 1 is 0.830 bits per heavy atom. The SMILES string of the molecule is CC[C@H](O)/C=C/[C@H]1CCC(=O)[C@@H]1CCCCCCC(=O)O.CC[C@H](O)/C=C/[C@H]1[C@H](O)CC(=O)[C@@H]1CCCCCCC(=O)NS(C)(=O)=O. The van der Waals surface area contributed by atoms with Gasteiger partial charge in [-0.3, -0.25) is 23.9 Å². The van der Waals surface area contributed by atoms with Crippen LogP contribution in [0, 0.1) is 23.7 Å². The lowest BCUT2D eigenvalue weighted by Crippen LogP contribution is -2.28. The summed E-state index contributed by atoms with van der Waals surface area (Å²) in [5.41, 5.74) is 0. The molecule has 2 saturated carbocycles. The van der Waals surface area contributed by atoms with Crippen LogP contribution in [0.3, 0.4) is 0 Å². The minimum absolute atomic E-state index is 0.0608. The summed E-state index contributed by atoms with van der Waals surface area (Å²) in [6.07, 6.45) is 18.1. The zero-order valence-electron chi connectivity index (χ0n) is 28.5. The van der Waals surface area contributed by atoms with E-state index >= 15 is 0 Å². The van der Waals surface area contributed by atoms with Gasteiger partial charge < -0.3 is 20.4 Å². The van der Waals surface area contributed by atoms with E-state index in [9.17, 15) is 42.9 Å². The predicted molar refractivity (Wildman–Crippen MR) is 181 cm³/mol. The van der Waals surface area contributed by atoms with Gasteiger partial charge in [-0.15, -0.1) is 0 Å². The third-order valence-corrected chi connectivity index (χ3v) is 9.58. The smallest absolute Gasteiger partial charge is 0.303 e. The number of unbranched alkanes of at least 4 members (excludes halogenated alkanes) is 6. The molecule has 0 saturated heterocycles. The van der Waals surface area contributed by atoms with Crippen molar-refractivity contribution < 1.29 is 48.0 Å². The first-order valence-corrected chi connectivity index (χ1v) is 19.3. The average molecular weight is 686 g/mol. The normalized spacial score (nSPS) is 24.4. The second-order valence-electron chi connectivity index (χ2n) is 13.0. The molecule has 0 aromatic heterocycles. The molecule has 2 aliphatic rings. The van der Waals surface area contributed by atoms with Crippen molar-refractivity contribution in [1.82, 2.24) is 4.72 Å². The van der Waals surface area contributed by atoms with Crippen LogP contribution in [-0.4, -0.2) is 76.9 Å². The minimum Gasteiger partial charge on any atom is -0.481 e. The highest BCUT2D eigenvalue weighted by Gasteiger charge is 2.39. The van der Waals surface area contributed by atoms with Crippen LogP contribution in [0.5, 0.6) is 0 Å². The molecule has 0 unspecified atom stereocenters. The van der Waals surface area contributed by atoms with Crippen molar-refractivity contribution in [3.8, 4) is 0 Å². The first-order chi connectivity index (χ1) is 22.2. The van der Waals surface area contributed by atoms with Gasteiger partial charge in [-0.05, 0) is 50.9 Å². The molecule has 7 atom stereocenters. The highest BCUT2D eigenvalue weighted by Crippen LogP contribution is 2.35. The number of sulfonamides is 1. The standard InChI is InChI=1S/C18H31NO6S.C17H28O4/c1-3-13(20)10-11-15-14(16(21)12-17(15)22)8-6-4-5-7-9-18(23)19-26(2,24)25;1-2-14(18)11-9-13-10-12-16(19)15(13)7-5-3-4-6-8-17(20)21/h10-11,13-15,17,20,22H,3-9,12H2,1-2H3,(H,19,23);9,11,13-15,18H,2-8,10,12H2,1H3,(H,20,21)/b11-10+;11-9+/t13-,14+,15+,17+;13-,14-,15+/m00/s1. The van der Waals surface area contributed by atoms with Crippen molar-refractivity contribution in [1.29, 1.82) is 0 Å². The first kappa shape index (κ1) is 42.6. The van der Waals surface area contributed by atoms with Crippen molar-refractivity contribution in [2.45, 2.75) is 141 Å². The van der Waals surface area contributed by atoms with Crippen LogP contribution in [0.2, 0.25) is 0 Å². The van der Waals surface area contributed by atoms with Crippen LogP contribution < -0.4 is 4.72 Å². The second kappa shape index (κ2) is 23.0. The number of aliphatic hydroxyl groups is 3. The molecule has 270 valence electrons. The number of aliphatic hydroxyl groups excluding tert-OH is 3. The fourth-order valence-electron chi connectivity index (χ4n) is 6.19. The molecule has 11 nitrogen and oxygen atoms in total. The van der Waals surface area contributed by atoms with Crippen molar-refractivity contribution in [3.05, 3.63) is 24.3 Å². The Balaban J connectivity index is 0.000000481. The molecule has 1 amide bonds. The number of hydrogen-bond acceptors (Lipinski definition) is 9. The van der Waals surface area contributed by atoms with E-state index in [1.54, 1.807) is 12.2 Å². The lowest BCUT2D eigenvalue weighted by atomic mass is 9.88. The Bertz CT molecular complexity index is 1140. The lowest BCUT2D eigenvalue weighted by molar-refractivity contribution is -0.137. The number of amides is 1. The molecule has 2 rings (SSSR count). The van der Waals surface area contributed by atoms with E-state index in [0.717, 1.165) is 64.0 Å². The van der Waals surface area contributed by atoms with E-state index in [1.807, 2.05) is 30.7 Å². The number of aliphatic carboxylic acids is 1. The Morgan fingerprint density at radius 2 is 1.36 bits per heavy atom. The van der Waals surface area contributed by atoms with Crippen molar-refractivity contribution in [3.63, 3.8) is 0 Å². The van der Waals surface area contributed by atoms with Gasteiger partial charge in [0, 0.05) is 43.4 Å². The van der Waals surface area contributed by atoms with Crippen LogP contribution in [0.4, 0.5) is 0 Å². The Labute approximate surface area is 281 Å². The summed E-state index contributed by atoms with van der Waals surface area (Å²) in [5, 5.41) is 37.8. The molecule has 47 heavy (non-hydrogen) atoms. The highest BCUT2D eigenvalue weighted by molar-refractivity contribution is 7.89. The van der Waals surface area contributed by atoms with Crippen LogP contribution >= 0.6 is 0 Å². The fourth-order valence-corrected chi connectivity index (χ4v) is 6.70. The van der Waals surface area contributed by atoms with Gasteiger partial charge in [-0.1, -0.05) is 76.7 Å². The number of carboxylic acids is 1. The molecule has 12 heteroatoms. The summed E-state index contributed by atoms with van der Waals surface area (Å²) in [4.78, 5) is 45.8. The van der Waals surface area contributed by atoms with Gasteiger partial charge in [0.1, 0.15) is 11.6 Å². The summed E-state index contributed by atoms with van der Waals surface area (Å²) >= 11 is 0. The third kappa shape index (κ3) is 18.6. The van der Waals surface area contributed by atoms with Crippen LogP contribution in [0.1, 0.15) is 123 Å². The molecule has 0 aromatic carbocycles. The minimum atomic E-state index is -3.50. The fraction of sp³-hybridized carbons (Fsp3) is 0.771. The number of carbonyl (C=O) groups is 4. The summed E-state index contributed by atoms with van der Waals surface area (Å²) in [6.45, 7) is 3.79. The number of rotatable bonds is 21. The molecule has 5 N–H and O–H groups in total. The maximum absolute atomic E-state index is 12.1. The number of Topliss-reactive ketones (excluding diaryl/α,β-unsaturated/α-hetero) is 2. The highest BCUT2D eigenvalue weighted by atomic mass is 32.2. The second-order valence-corrected chi connectivity index (χ2v) is 14.8. The Kier molecular flexibility index (Phi) is 20.9. The summed E-state index contributed by atoms with van der Waals surface area (Å²) < 4.78 is 23.8. The molecule has 2 fully saturated rings. The molecular weight excluding hydrogens is 626 g/mol. The molecule has 0 radical (unpaired) electrons. The molecule has 0 aliphatic heterocycles. The van der Waals surface area contributed by atoms with E-state index < -0.39 is 40.2 Å². The van der Waals surface area contributed by atoms with Crippen LogP contribution in [-0.2, 0) is 29.2 Å². The molecule has 0 heterocycles. The number of ketones is 2. The Morgan fingerprint density at radius 3 is 1.91 bits per heavy atom. The van der Waals surface area contributed by atoms with Crippen molar-refractivity contribution in [2.24, 2.45) is 23.7 Å². The first-order valence-electron chi connectivity index (χ1n) is 17.4. The van der Waals surface area contributed by atoms with Gasteiger partial charge in [-0.25, -0.2) is 8.42 Å². The number of carbonyl (C=O) groups excluding carboxylic acids is 3. The number of allylic oxidation sites excluding steroid dienone is 1. The number of hydrogen-bond donors (Lipinski definition) is 5. The average Bonchev–Trinajstić information content (AvgIpc) is 3.49. The van der Waals surface area contributed by atoms with Gasteiger partial charge in [0.05, 0.1) is 24.6 Å². The van der Waals surface area contributed by atoms with E-state index in [2.05, 4.69) is 0 Å². The van der Waals surface area contributed by atoms with Gasteiger partial charge in [0.2, 0.25) is 15.9 Å². The van der Waals surface area contributed by atoms with E-state index in [0.29, 0.717) is 37.9 Å². The monoisotopic (exact) mass is 685 g/mol. The zero-order valence-corrected chi connectivity index (χ0v) is 29.3. The maximum atomic E-state index is 12.1. The molecule has 0 spiro atoms. The molecule has 2 aliphatic carbocycles. The molecule has 0 bridgehead atoms. The van der Waals surface area contributed by atoms with Gasteiger partial charge in [0.25, 0.3) is 0 Å². The van der Waals surface area contributed by atoms with Crippen LogP contribution in [0.25, 0.3) is 0 Å². The Hall–Kier alpha value is -2.41. The molecular formula is C35H59NO10S. The van der Waals surface area contributed by atoms with Crippen LogP contribution in [0.15, 0.2) is 24.3 Å². The number of nitrogens with one attached hydrogen (secondary N) is 1. The topological polar surface area (TPSA) is 195 Å². The maximum Gasteiger partial charge on any atom is 0.303 e. The van der Waals surface area contributed by atoms with Crippen molar-refractivity contribution >= 4 is 33.5 Å². The zero-order chi connectivity index (χ0) is 35.4. The molecule has 0 aromatic rings. The van der Waals surface area contributed by atoms with Gasteiger partial charge in [-0.2, -0.15) is 0 Å². The number of carboxylic acid groups (broad SMARTS) is 1. The van der Waals surface area contributed by atoms with E-state index in [1.165, 1.54) is 0 Å². The van der Waals surface area contributed by atoms with E-state index in [4.69, 9.17) is 5.11 Å². The lowest BCUT2D eigenvalue weighted by Gasteiger charge is -2.17. The van der Waals surface area contributed by atoms with Crippen molar-refractivity contribution in [2.75, 3.05) is 6.26 Å². The quantitative estimate of drug-likeness (QED) is 0.0840. The van der Waals surface area contributed by atoms with Gasteiger partial charge >= 0.3 is 5.97 Å².